The van der Waals surface area contributed by atoms with E-state index in [2.05, 4.69) is 48.5 Å². The Bertz CT molecular complexity index is 1250. The van der Waals surface area contributed by atoms with Gasteiger partial charge in [-0.25, -0.2) is 0 Å². The Morgan fingerprint density at radius 3 is 1.21 bits per heavy atom. The Labute approximate surface area is 161 Å². The number of hydrogen-bond donors (Lipinski definition) is 0. The maximum Gasteiger partial charge on any atom is 0.187 e. The topological polar surface area (TPSA) is 34.1 Å². The fraction of sp³-hybridized carbons (Fsp3) is 0.0769. The molecule has 4 bridgehead atoms. The summed E-state index contributed by atoms with van der Waals surface area (Å²) in [6.07, 6.45) is 2.85. The van der Waals surface area contributed by atoms with Crippen molar-refractivity contribution < 1.29 is 9.59 Å². The summed E-state index contributed by atoms with van der Waals surface area (Å²) in [7, 11) is 0. The van der Waals surface area contributed by atoms with Gasteiger partial charge in [-0.05, 0) is 56.3 Å². The van der Waals surface area contributed by atoms with Crippen LogP contribution in [0.4, 0.5) is 0 Å². The van der Waals surface area contributed by atoms with Crippen LogP contribution in [0.2, 0.25) is 0 Å². The zero-order valence-electron chi connectivity index (χ0n) is 14.9. The highest BCUT2D eigenvalue weighted by Crippen LogP contribution is 2.59. The van der Waals surface area contributed by atoms with Crippen LogP contribution in [0, 0.1) is 0 Å². The molecule has 5 aromatic rings. The molecule has 0 aliphatic heterocycles. The van der Waals surface area contributed by atoms with Gasteiger partial charge in [0.15, 0.2) is 11.6 Å². The number of ketones is 2. The molecule has 0 atom stereocenters. The molecule has 5 aromatic carbocycles. The highest BCUT2D eigenvalue weighted by molar-refractivity contribution is 6.29. The van der Waals surface area contributed by atoms with E-state index < -0.39 is 0 Å². The first-order valence-electron chi connectivity index (χ1n) is 9.62. The van der Waals surface area contributed by atoms with Gasteiger partial charge in [0, 0.05) is 23.0 Å². The average molecular weight is 358 g/mol. The highest BCUT2D eigenvalue weighted by atomic mass is 16.1. The van der Waals surface area contributed by atoms with Crippen LogP contribution in [0.1, 0.15) is 65.9 Å². The summed E-state index contributed by atoms with van der Waals surface area (Å²) < 4.78 is 0. The molecule has 0 radical (unpaired) electrons. The van der Waals surface area contributed by atoms with Gasteiger partial charge in [-0.3, -0.25) is 9.59 Å². The van der Waals surface area contributed by atoms with E-state index in [1.165, 1.54) is 45.5 Å². The van der Waals surface area contributed by atoms with E-state index >= 15 is 0 Å². The first kappa shape index (κ1) is 14.5. The van der Waals surface area contributed by atoms with Gasteiger partial charge in [0.1, 0.15) is 0 Å². The maximum absolute atomic E-state index is 12.7. The molecule has 9 rings (SSSR count). The van der Waals surface area contributed by atoms with E-state index in [0.717, 1.165) is 10.8 Å². The van der Waals surface area contributed by atoms with Crippen molar-refractivity contribution in [3.05, 3.63) is 117 Å². The third-order valence-corrected chi connectivity index (χ3v) is 6.77. The monoisotopic (exact) mass is 358 g/mol. The molecule has 0 amide bonds. The molecule has 0 fully saturated rings. The number of benzene rings is 5. The van der Waals surface area contributed by atoms with Crippen LogP contribution < -0.4 is 0 Å². The van der Waals surface area contributed by atoms with Crippen molar-refractivity contribution in [2.75, 3.05) is 0 Å². The zero-order valence-corrected chi connectivity index (χ0v) is 14.9. The molecule has 28 heavy (non-hydrogen) atoms. The van der Waals surface area contributed by atoms with E-state index in [0.29, 0.717) is 11.1 Å². The lowest BCUT2D eigenvalue weighted by Crippen LogP contribution is -2.30. The minimum atomic E-state index is -0.0546. The predicted molar refractivity (Wildman–Crippen MR) is 108 cm³/mol. The van der Waals surface area contributed by atoms with Crippen molar-refractivity contribution in [3.63, 3.8) is 0 Å². The maximum atomic E-state index is 12.7. The minimum Gasteiger partial charge on any atom is -0.289 e. The average Bonchev–Trinajstić information content (AvgIpc) is 2.76. The van der Waals surface area contributed by atoms with Crippen LogP contribution >= 0.6 is 0 Å². The first-order valence-corrected chi connectivity index (χ1v) is 9.62. The summed E-state index contributed by atoms with van der Waals surface area (Å²) in [6.45, 7) is 0. The zero-order chi connectivity index (χ0) is 18.6. The van der Waals surface area contributed by atoms with Gasteiger partial charge in [0.25, 0.3) is 0 Å². The van der Waals surface area contributed by atoms with Crippen molar-refractivity contribution in [1.29, 1.82) is 0 Å². The molecule has 130 valence electrons. The minimum absolute atomic E-state index is 0.0546. The Morgan fingerprint density at radius 1 is 0.500 bits per heavy atom. The highest BCUT2D eigenvalue weighted by Gasteiger charge is 2.45. The van der Waals surface area contributed by atoms with Crippen LogP contribution in [0.15, 0.2) is 72.8 Å². The summed E-state index contributed by atoms with van der Waals surface area (Å²) in [6, 6.07) is 21.3. The Balaban J connectivity index is 1.69. The van der Waals surface area contributed by atoms with Gasteiger partial charge >= 0.3 is 0 Å². The SMILES string of the molecule is O=C1C=CC(=O)c2c1c1ccc2c2c1C1c3ccccc3C2c2ccccc21. The van der Waals surface area contributed by atoms with Gasteiger partial charge in [-0.2, -0.15) is 0 Å². The number of fused-ring (bicyclic) bond motifs is 1. The second-order valence-corrected chi connectivity index (χ2v) is 7.92. The predicted octanol–water partition coefficient (Wildman–Crippen LogP) is 5.20. The summed E-state index contributed by atoms with van der Waals surface area (Å²) in [5.74, 6) is 0.123. The van der Waals surface area contributed by atoms with E-state index in [1.807, 2.05) is 12.1 Å². The standard InChI is InChI=1S/C26H14O2/c27-19-11-12-20(28)24-18-10-9-17(23(19)24)25-21-13-5-1-2-6-14(13)22(26(18)25)16-8-4-3-7-15(16)21/h1-12,21-22H. The van der Waals surface area contributed by atoms with Crippen LogP contribution in [0.5, 0.6) is 0 Å². The van der Waals surface area contributed by atoms with Crippen LogP contribution in [-0.2, 0) is 0 Å². The summed E-state index contributed by atoms with van der Waals surface area (Å²) in [5.41, 5.74) is 8.97. The fourth-order valence-electron chi connectivity index (χ4n) is 5.82. The summed E-state index contributed by atoms with van der Waals surface area (Å²) in [4.78, 5) is 25.5. The van der Waals surface area contributed by atoms with Crippen molar-refractivity contribution in [2.24, 2.45) is 0 Å². The smallest absolute Gasteiger partial charge is 0.187 e. The second kappa shape index (κ2) is 4.66. The fourth-order valence-corrected chi connectivity index (χ4v) is 5.82. The normalized spacial score (nSPS) is 20.9. The number of carbonyl (C=O) groups excluding carboxylic acids is 2. The lowest BCUT2D eigenvalue weighted by molar-refractivity contribution is 0.0996. The molecule has 0 unspecified atom stereocenters. The molecule has 2 heteroatoms. The van der Waals surface area contributed by atoms with Gasteiger partial charge < -0.3 is 0 Å². The molecule has 0 N–H and O–H groups in total. The second-order valence-electron chi connectivity index (χ2n) is 7.92. The van der Waals surface area contributed by atoms with Crippen molar-refractivity contribution in [1.82, 2.24) is 0 Å². The van der Waals surface area contributed by atoms with Crippen LogP contribution in [-0.4, -0.2) is 11.6 Å². The quantitative estimate of drug-likeness (QED) is 0.374. The molecule has 4 aliphatic carbocycles. The molecule has 4 aliphatic rings. The molecule has 0 saturated carbocycles. The number of rotatable bonds is 0. The van der Waals surface area contributed by atoms with Crippen molar-refractivity contribution in [2.45, 2.75) is 11.8 Å². The van der Waals surface area contributed by atoms with E-state index in [-0.39, 0.29) is 23.4 Å². The number of carbonyl (C=O) groups is 2. The molecule has 0 aromatic heterocycles. The molecule has 0 saturated heterocycles. The Morgan fingerprint density at radius 2 is 0.857 bits per heavy atom. The molecular weight excluding hydrogens is 344 g/mol. The summed E-state index contributed by atoms with van der Waals surface area (Å²) in [5, 5.41) is 1.89. The number of allylic oxidation sites excluding steroid dienone is 2. The lowest BCUT2D eigenvalue weighted by Gasteiger charge is -2.44. The van der Waals surface area contributed by atoms with Crippen molar-refractivity contribution >= 4 is 22.3 Å². The van der Waals surface area contributed by atoms with Crippen LogP contribution in [0.25, 0.3) is 10.8 Å². The number of hydrogen-bond acceptors (Lipinski definition) is 2. The van der Waals surface area contributed by atoms with Gasteiger partial charge in [-0.15, -0.1) is 0 Å². The largest absolute Gasteiger partial charge is 0.289 e. The molecular formula is C26H14O2. The van der Waals surface area contributed by atoms with Gasteiger partial charge in [0.05, 0.1) is 0 Å². The van der Waals surface area contributed by atoms with Crippen molar-refractivity contribution in [3.8, 4) is 0 Å². The third-order valence-electron chi connectivity index (χ3n) is 6.77. The van der Waals surface area contributed by atoms with E-state index in [9.17, 15) is 9.59 Å². The first-order chi connectivity index (χ1) is 13.8. The van der Waals surface area contributed by atoms with E-state index in [4.69, 9.17) is 0 Å². The van der Waals surface area contributed by atoms with Gasteiger partial charge in [0.2, 0.25) is 0 Å². The third kappa shape index (κ3) is 1.45. The Hall–Kier alpha value is -3.52. The lowest BCUT2D eigenvalue weighted by atomic mass is 9.58. The van der Waals surface area contributed by atoms with Crippen LogP contribution in [0.3, 0.4) is 0 Å². The van der Waals surface area contributed by atoms with E-state index in [1.54, 1.807) is 0 Å². The van der Waals surface area contributed by atoms with Gasteiger partial charge in [-0.1, -0.05) is 60.7 Å². The molecule has 0 spiro atoms. The summed E-state index contributed by atoms with van der Waals surface area (Å²) >= 11 is 0. The molecule has 2 nitrogen and oxygen atoms in total. The molecule has 0 heterocycles. The Kier molecular flexibility index (Phi) is 2.42.